The van der Waals surface area contributed by atoms with Crippen LogP contribution in [0.3, 0.4) is 0 Å². The normalized spacial score (nSPS) is 25.7. The molecule has 0 radical (unpaired) electrons. The Labute approximate surface area is 117 Å². The second-order valence-corrected chi connectivity index (χ2v) is 6.90. The minimum absolute atomic E-state index is 0.0698. The van der Waals surface area contributed by atoms with Crippen LogP contribution in [0.15, 0.2) is 12.4 Å². The number of likely N-dealkylation sites (tertiary alicyclic amines) is 1. The Kier molecular flexibility index (Phi) is 4.31. The van der Waals surface area contributed by atoms with Crippen molar-refractivity contribution in [2.24, 2.45) is 0 Å². The number of nitrogens with zero attached hydrogens (tertiary/aromatic N) is 3. The average Bonchev–Trinajstić information content (AvgIpc) is 2.79. The van der Waals surface area contributed by atoms with Crippen LogP contribution in [-0.2, 0) is 12.1 Å². The predicted molar refractivity (Wildman–Crippen MR) is 79.2 cm³/mol. The van der Waals surface area contributed by atoms with E-state index in [1.54, 1.807) is 0 Å². The fraction of sp³-hybridized carbons (Fsp3) is 0.800. The van der Waals surface area contributed by atoms with Gasteiger partial charge >= 0.3 is 0 Å². The predicted octanol–water partition coefficient (Wildman–Crippen LogP) is 2.21. The van der Waals surface area contributed by atoms with Gasteiger partial charge in [-0.25, -0.2) is 0 Å². The summed E-state index contributed by atoms with van der Waals surface area (Å²) in [7, 11) is 2.22. The molecule has 0 spiro atoms. The van der Waals surface area contributed by atoms with Crippen LogP contribution in [0.25, 0.3) is 0 Å². The summed E-state index contributed by atoms with van der Waals surface area (Å²) in [6, 6.07) is 1.33. The van der Waals surface area contributed by atoms with Crippen LogP contribution in [0, 0.1) is 0 Å². The molecule has 1 fully saturated rings. The standard InChI is InChI=1S/C15H28N4/c1-12-8-14(6-7-18(12)5)16-9-13-10-17-19(11-13)15(2,3)4/h10-12,14,16H,6-9H2,1-5H3. The van der Waals surface area contributed by atoms with Crippen molar-refractivity contribution < 1.29 is 0 Å². The molecule has 4 heteroatoms. The Morgan fingerprint density at radius 2 is 2.16 bits per heavy atom. The van der Waals surface area contributed by atoms with Gasteiger partial charge in [-0.15, -0.1) is 0 Å². The van der Waals surface area contributed by atoms with Crippen molar-refractivity contribution in [3.05, 3.63) is 18.0 Å². The maximum absolute atomic E-state index is 4.45. The van der Waals surface area contributed by atoms with Crippen LogP contribution >= 0.6 is 0 Å². The molecule has 4 nitrogen and oxygen atoms in total. The van der Waals surface area contributed by atoms with Gasteiger partial charge in [0.05, 0.1) is 11.7 Å². The number of hydrogen-bond acceptors (Lipinski definition) is 3. The van der Waals surface area contributed by atoms with Crippen LogP contribution in [0.4, 0.5) is 0 Å². The Bertz CT molecular complexity index is 405. The molecule has 1 aromatic rings. The molecule has 1 saturated heterocycles. The average molecular weight is 264 g/mol. The molecule has 19 heavy (non-hydrogen) atoms. The van der Waals surface area contributed by atoms with Gasteiger partial charge in [-0.05, 0) is 54.1 Å². The highest BCUT2D eigenvalue weighted by molar-refractivity contribution is 5.05. The number of piperidine rings is 1. The third-order valence-electron chi connectivity index (χ3n) is 4.13. The van der Waals surface area contributed by atoms with Crippen LogP contribution in [0.5, 0.6) is 0 Å². The van der Waals surface area contributed by atoms with Gasteiger partial charge in [-0.1, -0.05) is 0 Å². The Hall–Kier alpha value is -0.870. The third kappa shape index (κ3) is 3.80. The van der Waals surface area contributed by atoms with E-state index in [1.807, 2.05) is 10.9 Å². The summed E-state index contributed by atoms with van der Waals surface area (Å²) >= 11 is 0. The molecule has 2 unspecified atom stereocenters. The lowest BCUT2D eigenvalue weighted by Crippen LogP contribution is -2.45. The first-order chi connectivity index (χ1) is 8.86. The van der Waals surface area contributed by atoms with E-state index < -0.39 is 0 Å². The van der Waals surface area contributed by atoms with E-state index in [1.165, 1.54) is 24.9 Å². The molecule has 1 N–H and O–H groups in total. The molecule has 0 bridgehead atoms. The zero-order chi connectivity index (χ0) is 14.0. The van der Waals surface area contributed by atoms with Crippen LogP contribution in [0.1, 0.15) is 46.1 Å². The minimum Gasteiger partial charge on any atom is -0.310 e. The molecule has 0 aromatic carbocycles. The first-order valence-electron chi connectivity index (χ1n) is 7.34. The molecule has 0 amide bonds. The second-order valence-electron chi connectivity index (χ2n) is 6.90. The topological polar surface area (TPSA) is 33.1 Å². The highest BCUT2D eigenvalue weighted by Crippen LogP contribution is 2.16. The van der Waals surface area contributed by atoms with E-state index in [0.29, 0.717) is 12.1 Å². The van der Waals surface area contributed by atoms with Crippen molar-refractivity contribution in [1.82, 2.24) is 20.0 Å². The van der Waals surface area contributed by atoms with Crippen molar-refractivity contribution in [3.8, 4) is 0 Å². The van der Waals surface area contributed by atoms with Crippen molar-refractivity contribution in [1.29, 1.82) is 0 Å². The molecular weight excluding hydrogens is 236 g/mol. The maximum Gasteiger partial charge on any atom is 0.0543 e. The molecule has 108 valence electrons. The summed E-state index contributed by atoms with van der Waals surface area (Å²) < 4.78 is 2.04. The summed E-state index contributed by atoms with van der Waals surface area (Å²) in [6.07, 6.45) is 6.63. The van der Waals surface area contributed by atoms with Crippen molar-refractivity contribution in [3.63, 3.8) is 0 Å². The second kappa shape index (κ2) is 5.63. The Morgan fingerprint density at radius 3 is 2.74 bits per heavy atom. The highest BCUT2D eigenvalue weighted by atomic mass is 15.3. The fourth-order valence-electron chi connectivity index (χ4n) is 2.56. The van der Waals surface area contributed by atoms with Gasteiger partial charge in [-0.2, -0.15) is 5.10 Å². The monoisotopic (exact) mass is 264 g/mol. The summed E-state index contributed by atoms with van der Waals surface area (Å²) in [5, 5.41) is 8.12. The first-order valence-corrected chi connectivity index (χ1v) is 7.34. The molecule has 0 aliphatic carbocycles. The largest absolute Gasteiger partial charge is 0.310 e. The molecule has 0 saturated carbocycles. The van der Waals surface area contributed by atoms with Crippen LogP contribution in [0.2, 0.25) is 0 Å². The van der Waals surface area contributed by atoms with Gasteiger partial charge in [0.25, 0.3) is 0 Å². The third-order valence-corrected chi connectivity index (χ3v) is 4.13. The maximum atomic E-state index is 4.45. The fourth-order valence-corrected chi connectivity index (χ4v) is 2.56. The van der Waals surface area contributed by atoms with Crippen molar-refractivity contribution in [2.45, 2.75) is 64.7 Å². The van der Waals surface area contributed by atoms with Gasteiger partial charge in [-0.3, -0.25) is 4.68 Å². The van der Waals surface area contributed by atoms with Gasteiger partial charge in [0, 0.05) is 30.4 Å². The quantitative estimate of drug-likeness (QED) is 0.908. The van der Waals surface area contributed by atoms with E-state index in [2.05, 4.69) is 56.3 Å². The van der Waals surface area contributed by atoms with Gasteiger partial charge in [0.1, 0.15) is 0 Å². The van der Waals surface area contributed by atoms with Gasteiger partial charge in [0.2, 0.25) is 0 Å². The smallest absolute Gasteiger partial charge is 0.0543 e. The molecule has 1 aliphatic rings. The molecular formula is C15H28N4. The number of aromatic nitrogens is 2. The molecule has 2 atom stereocenters. The van der Waals surface area contributed by atoms with E-state index in [0.717, 1.165) is 6.54 Å². The van der Waals surface area contributed by atoms with E-state index >= 15 is 0 Å². The first kappa shape index (κ1) is 14.5. The molecule has 2 heterocycles. The molecule has 2 rings (SSSR count). The minimum atomic E-state index is 0.0698. The lowest BCUT2D eigenvalue weighted by molar-refractivity contribution is 0.168. The number of hydrogen-bond donors (Lipinski definition) is 1. The van der Waals surface area contributed by atoms with E-state index in [9.17, 15) is 0 Å². The summed E-state index contributed by atoms with van der Waals surface area (Å²) in [6.45, 7) is 11.0. The van der Waals surface area contributed by atoms with E-state index in [-0.39, 0.29) is 5.54 Å². The lowest BCUT2D eigenvalue weighted by atomic mass is 9.99. The number of rotatable bonds is 3. The highest BCUT2D eigenvalue weighted by Gasteiger charge is 2.22. The Morgan fingerprint density at radius 1 is 1.42 bits per heavy atom. The summed E-state index contributed by atoms with van der Waals surface area (Å²) in [5.74, 6) is 0. The SMILES string of the molecule is CC1CC(NCc2cnn(C(C)(C)C)c2)CCN1C. The van der Waals surface area contributed by atoms with Crippen LogP contribution < -0.4 is 5.32 Å². The lowest BCUT2D eigenvalue weighted by Gasteiger charge is -2.35. The number of nitrogens with one attached hydrogen (secondary N) is 1. The van der Waals surface area contributed by atoms with Crippen LogP contribution in [-0.4, -0.2) is 40.4 Å². The van der Waals surface area contributed by atoms with Crippen molar-refractivity contribution in [2.75, 3.05) is 13.6 Å². The zero-order valence-corrected chi connectivity index (χ0v) is 13.0. The van der Waals surface area contributed by atoms with Gasteiger partial charge < -0.3 is 10.2 Å². The van der Waals surface area contributed by atoms with Crippen molar-refractivity contribution >= 4 is 0 Å². The Balaban J connectivity index is 1.84. The van der Waals surface area contributed by atoms with Gasteiger partial charge in [0.15, 0.2) is 0 Å². The molecule has 1 aromatic heterocycles. The van der Waals surface area contributed by atoms with E-state index in [4.69, 9.17) is 0 Å². The summed E-state index contributed by atoms with van der Waals surface area (Å²) in [5.41, 5.74) is 1.35. The molecule has 1 aliphatic heterocycles. The summed E-state index contributed by atoms with van der Waals surface area (Å²) in [4.78, 5) is 2.44. The zero-order valence-electron chi connectivity index (χ0n) is 13.0.